The fraction of sp³-hybridized carbons (Fsp3) is 0.375. The van der Waals surface area contributed by atoms with Gasteiger partial charge in [0.25, 0.3) is 5.91 Å². The number of hydrogen-bond donors (Lipinski definition) is 2. The van der Waals surface area contributed by atoms with Gasteiger partial charge in [-0.25, -0.2) is 4.98 Å². The van der Waals surface area contributed by atoms with E-state index in [4.69, 9.17) is 27.6 Å². The second-order valence-electron chi connectivity index (χ2n) is 5.53. The first kappa shape index (κ1) is 16.3. The molecular weight excluding hydrogens is 337 g/mol. The summed E-state index contributed by atoms with van der Waals surface area (Å²) in [6, 6.07) is 5.25. The zero-order chi connectivity index (χ0) is 16.2. The van der Waals surface area contributed by atoms with E-state index in [1.807, 2.05) is 6.07 Å². The second-order valence-corrected chi connectivity index (χ2v) is 6.34. The van der Waals surface area contributed by atoms with Crippen LogP contribution in [0.15, 0.2) is 28.9 Å². The molecule has 1 amide bonds. The van der Waals surface area contributed by atoms with Crippen molar-refractivity contribution < 1.29 is 9.21 Å². The van der Waals surface area contributed by atoms with E-state index in [0.717, 1.165) is 31.5 Å². The van der Waals surface area contributed by atoms with Gasteiger partial charge in [-0.2, -0.15) is 0 Å². The summed E-state index contributed by atoms with van der Waals surface area (Å²) in [6.07, 6.45) is 3.37. The number of amides is 1. The molecule has 1 saturated heterocycles. The Kier molecular flexibility index (Phi) is 5.20. The quantitative estimate of drug-likeness (QED) is 0.883. The van der Waals surface area contributed by atoms with Gasteiger partial charge in [-0.05, 0) is 43.6 Å². The van der Waals surface area contributed by atoms with Gasteiger partial charge in [0.15, 0.2) is 11.6 Å². The molecule has 1 aromatic carbocycles. The molecule has 0 unspecified atom stereocenters. The maximum absolute atomic E-state index is 12.2. The zero-order valence-electron chi connectivity index (χ0n) is 12.4. The Bertz CT molecular complexity index is 696. The van der Waals surface area contributed by atoms with Crippen molar-refractivity contribution in [3.05, 3.63) is 51.7 Å². The largest absolute Gasteiger partial charge is 0.448 e. The number of carbonyl (C=O) groups excluding carboxylic acids is 1. The molecule has 0 spiro atoms. The van der Waals surface area contributed by atoms with Gasteiger partial charge in [0, 0.05) is 12.5 Å². The van der Waals surface area contributed by atoms with Crippen LogP contribution in [-0.2, 0) is 6.54 Å². The maximum Gasteiger partial charge on any atom is 0.273 e. The van der Waals surface area contributed by atoms with Crippen LogP contribution < -0.4 is 10.6 Å². The molecule has 0 aliphatic carbocycles. The molecule has 122 valence electrons. The van der Waals surface area contributed by atoms with Gasteiger partial charge in [-0.3, -0.25) is 4.79 Å². The van der Waals surface area contributed by atoms with Crippen molar-refractivity contribution in [2.45, 2.75) is 25.3 Å². The molecule has 0 bridgehead atoms. The zero-order valence-corrected chi connectivity index (χ0v) is 14.0. The van der Waals surface area contributed by atoms with Crippen LogP contribution in [-0.4, -0.2) is 24.0 Å². The summed E-state index contributed by atoms with van der Waals surface area (Å²) in [6.45, 7) is 2.25. The van der Waals surface area contributed by atoms with Crippen LogP contribution in [0.2, 0.25) is 10.0 Å². The average molecular weight is 354 g/mol. The molecule has 2 heterocycles. The van der Waals surface area contributed by atoms with Crippen molar-refractivity contribution in [3.63, 3.8) is 0 Å². The van der Waals surface area contributed by atoms with Crippen LogP contribution in [0.4, 0.5) is 0 Å². The Balaban J connectivity index is 1.59. The highest BCUT2D eigenvalue weighted by molar-refractivity contribution is 6.42. The topological polar surface area (TPSA) is 67.2 Å². The average Bonchev–Trinajstić information content (AvgIpc) is 3.06. The lowest BCUT2D eigenvalue weighted by Gasteiger charge is -2.19. The molecule has 0 radical (unpaired) electrons. The van der Waals surface area contributed by atoms with Crippen LogP contribution in [0.3, 0.4) is 0 Å². The van der Waals surface area contributed by atoms with Gasteiger partial charge in [0.05, 0.1) is 10.0 Å². The van der Waals surface area contributed by atoms with Crippen LogP contribution in [0.25, 0.3) is 0 Å². The molecule has 23 heavy (non-hydrogen) atoms. The van der Waals surface area contributed by atoms with Gasteiger partial charge in [0.1, 0.15) is 6.26 Å². The molecule has 2 N–H and O–H groups in total. The van der Waals surface area contributed by atoms with Gasteiger partial charge < -0.3 is 15.1 Å². The number of nitrogens with one attached hydrogen (secondary N) is 2. The number of halogens is 2. The third kappa shape index (κ3) is 4.05. The number of aromatic nitrogens is 1. The summed E-state index contributed by atoms with van der Waals surface area (Å²) >= 11 is 11.8. The highest BCUT2D eigenvalue weighted by atomic mass is 35.5. The molecule has 0 atom stereocenters. The van der Waals surface area contributed by atoms with E-state index in [-0.39, 0.29) is 11.8 Å². The van der Waals surface area contributed by atoms with E-state index >= 15 is 0 Å². The number of hydrogen-bond acceptors (Lipinski definition) is 4. The minimum Gasteiger partial charge on any atom is -0.448 e. The predicted octanol–water partition coefficient (Wildman–Crippen LogP) is 3.38. The van der Waals surface area contributed by atoms with Crippen LogP contribution in [0, 0.1) is 0 Å². The monoisotopic (exact) mass is 353 g/mol. The van der Waals surface area contributed by atoms with Gasteiger partial charge >= 0.3 is 0 Å². The Morgan fingerprint density at radius 1 is 1.30 bits per heavy atom. The van der Waals surface area contributed by atoms with Crippen molar-refractivity contribution in [1.82, 2.24) is 15.6 Å². The molecule has 3 rings (SSSR count). The Morgan fingerprint density at radius 2 is 2.09 bits per heavy atom. The first-order valence-electron chi connectivity index (χ1n) is 7.52. The molecule has 1 aliphatic heterocycles. The number of benzene rings is 1. The van der Waals surface area contributed by atoms with Crippen LogP contribution >= 0.6 is 23.2 Å². The lowest BCUT2D eigenvalue weighted by Crippen LogP contribution is -2.27. The smallest absolute Gasteiger partial charge is 0.273 e. The molecule has 1 fully saturated rings. The molecule has 0 saturated carbocycles. The Labute approximate surface area is 144 Å². The predicted molar refractivity (Wildman–Crippen MR) is 89.0 cm³/mol. The lowest BCUT2D eigenvalue weighted by atomic mass is 9.98. The van der Waals surface area contributed by atoms with E-state index in [2.05, 4.69) is 15.6 Å². The summed E-state index contributed by atoms with van der Waals surface area (Å²) in [5.41, 5.74) is 1.17. The molecule has 2 aromatic rings. The normalized spacial score (nSPS) is 15.6. The molecule has 1 aromatic heterocycles. The summed E-state index contributed by atoms with van der Waals surface area (Å²) in [5.74, 6) is 0.666. The highest BCUT2D eigenvalue weighted by Crippen LogP contribution is 2.24. The van der Waals surface area contributed by atoms with E-state index in [0.29, 0.717) is 28.2 Å². The van der Waals surface area contributed by atoms with Crippen LogP contribution in [0.5, 0.6) is 0 Å². The summed E-state index contributed by atoms with van der Waals surface area (Å²) in [7, 11) is 0. The Hall–Kier alpha value is -1.56. The minimum absolute atomic E-state index is 0.264. The SMILES string of the molecule is O=C(NCc1ccc(Cl)c(Cl)c1)c1coc(C2CCNCC2)n1. The number of oxazole rings is 1. The van der Waals surface area contributed by atoms with Crippen molar-refractivity contribution in [3.8, 4) is 0 Å². The van der Waals surface area contributed by atoms with Crippen LogP contribution in [0.1, 0.15) is 40.7 Å². The standard InChI is InChI=1S/C16H17Cl2N3O2/c17-12-2-1-10(7-13(12)18)8-20-15(22)14-9-23-16(21-14)11-3-5-19-6-4-11/h1-2,7,9,11,19H,3-6,8H2,(H,20,22). The first-order valence-corrected chi connectivity index (χ1v) is 8.27. The van der Waals surface area contributed by atoms with Gasteiger partial charge in [-0.1, -0.05) is 29.3 Å². The molecule has 5 nitrogen and oxygen atoms in total. The van der Waals surface area contributed by atoms with Crippen molar-refractivity contribution >= 4 is 29.1 Å². The van der Waals surface area contributed by atoms with E-state index in [9.17, 15) is 4.79 Å². The van der Waals surface area contributed by atoms with Crippen molar-refractivity contribution in [2.75, 3.05) is 13.1 Å². The molecule has 7 heteroatoms. The fourth-order valence-corrected chi connectivity index (χ4v) is 2.89. The minimum atomic E-state index is -0.264. The third-order valence-corrected chi connectivity index (χ3v) is 4.62. The van der Waals surface area contributed by atoms with Crippen molar-refractivity contribution in [2.24, 2.45) is 0 Å². The number of piperidine rings is 1. The Morgan fingerprint density at radius 3 is 2.83 bits per heavy atom. The summed E-state index contributed by atoms with van der Waals surface area (Å²) in [4.78, 5) is 16.5. The summed E-state index contributed by atoms with van der Waals surface area (Å²) < 4.78 is 5.47. The van der Waals surface area contributed by atoms with E-state index in [1.54, 1.807) is 12.1 Å². The highest BCUT2D eigenvalue weighted by Gasteiger charge is 2.21. The van der Waals surface area contributed by atoms with Gasteiger partial charge in [-0.15, -0.1) is 0 Å². The number of rotatable bonds is 4. The lowest BCUT2D eigenvalue weighted by molar-refractivity contribution is 0.0946. The first-order chi connectivity index (χ1) is 11.1. The molecule has 1 aliphatic rings. The number of nitrogens with zero attached hydrogens (tertiary/aromatic N) is 1. The van der Waals surface area contributed by atoms with E-state index < -0.39 is 0 Å². The second kappa shape index (κ2) is 7.34. The van der Waals surface area contributed by atoms with Gasteiger partial charge in [0.2, 0.25) is 0 Å². The van der Waals surface area contributed by atoms with E-state index in [1.165, 1.54) is 6.26 Å². The third-order valence-electron chi connectivity index (χ3n) is 3.88. The number of carbonyl (C=O) groups is 1. The maximum atomic E-state index is 12.2. The fourth-order valence-electron chi connectivity index (χ4n) is 2.57. The van der Waals surface area contributed by atoms with Crippen molar-refractivity contribution in [1.29, 1.82) is 0 Å². The summed E-state index contributed by atoms with van der Waals surface area (Å²) in [5, 5.41) is 7.05. The molecular formula is C16H17Cl2N3O2.